The second-order valence-corrected chi connectivity index (χ2v) is 10.1. The van der Waals surface area contributed by atoms with Gasteiger partial charge < -0.3 is 20.9 Å². The number of urea groups is 1. The molecule has 2 aromatic carbocycles. The number of nitrogens with zero attached hydrogens (tertiary/aromatic N) is 6. The normalized spacial score (nSPS) is 16.1. The van der Waals surface area contributed by atoms with E-state index in [2.05, 4.69) is 20.2 Å². The minimum atomic E-state index is -4.63. The van der Waals surface area contributed by atoms with Gasteiger partial charge in [-0.3, -0.25) is 14.6 Å². The van der Waals surface area contributed by atoms with Gasteiger partial charge in [-0.2, -0.15) is 18.2 Å². The summed E-state index contributed by atoms with van der Waals surface area (Å²) in [6.07, 6.45) is -3.07. The van der Waals surface area contributed by atoms with Gasteiger partial charge in [-0.1, -0.05) is 13.0 Å². The molecule has 0 radical (unpaired) electrons. The van der Waals surface area contributed by atoms with Gasteiger partial charge in [0.05, 0.1) is 17.8 Å². The number of nitrogens with two attached hydrogens (primary N) is 1. The molecule has 0 atom stereocenters. The van der Waals surface area contributed by atoms with Gasteiger partial charge >= 0.3 is 12.2 Å². The van der Waals surface area contributed by atoms with Crippen molar-refractivity contribution in [3.63, 3.8) is 0 Å². The van der Waals surface area contributed by atoms with Crippen LogP contribution in [0.1, 0.15) is 34.0 Å². The standard InChI is InChI=1S/C28H31F3N8O2/c1-4-37-9-11-38(12-10-37)22-8-6-18(13-21(22)28(29,30)31)25(40)34-20-7-5-17(2)23(14-20)39-16-19-15-33-26(32)35-24(19)36(3)27(39)41/h5-8,13-15H,4,9-12,16H2,1-3H3,(H,34,40)(H2,32,33,35). The van der Waals surface area contributed by atoms with Gasteiger partial charge in [-0.25, -0.2) is 9.78 Å². The van der Waals surface area contributed by atoms with E-state index in [1.165, 1.54) is 21.9 Å². The molecule has 2 aliphatic heterocycles. The predicted molar refractivity (Wildman–Crippen MR) is 151 cm³/mol. The summed E-state index contributed by atoms with van der Waals surface area (Å²) in [5, 5.41) is 2.69. The molecule has 2 aliphatic rings. The summed E-state index contributed by atoms with van der Waals surface area (Å²) in [6.45, 7) is 7.17. The maximum absolute atomic E-state index is 14.1. The molecule has 3 aromatic rings. The van der Waals surface area contributed by atoms with E-state index >= 15 is 0 Å². The highest BCUT2D eigenvalue weighted by Gasteiger charge is 2.36. The first-order valence-corrected chi connectivity index (χ1v) is 13.2. The quantitative estimate of drug-likeness (QED) is 0.471. The van der Waals surface area contributed by atoms with Gasteiger partial charge in [0.2, 0.25) is 5.95 Å². The van der Waals surface area contributed by atoms with Crippen molar-refractivity contribution in [1.29, 1.82) is 0 Å². The summed E-state index contributed by atoms with van der Waals surface area (Å²) in [4.78, 5) is 41.3. The number of nitrogens with one attached hydrogen (secondary N) is 1. The van der Waals surface area contributed by atoms with E-state index in [1.807, 2.05) is 13.8 Å². The lowest BCUT2D eigenvalue weighted by Crippen LogP contribution is -2.46. The maximum atomic E-state index is 14.1. The molecule has 0 aliphatic carbocycles. The Hall–Kier alpha value is -4.39. The average molecular weight is 569 g/mol. The zero-order valence-corrected chi connectivity index (χ0v) is 23.0. The molecule has 3 amide bonds. The first kappa shape index (κ1) is 28.1. The predicted octanol–water partition coefficient (Wildman–Crippen LogP) is 4.36. The zero-order valence-electron chi connectivity index (χ0n) is 23.0. The highest BCUT2D eigenvalue weighted by molar-refractivity contribution is 6.07. The van der Waals surface area contributed by atoms with Gasteiger partial charge in [0.25, 0.3) is 5.91 Å². The Morgan fingerprint density at radius 3 is 2.49 bits per heavy atom. The molecule has 216 valence electrons. The van der Waals surface area contributed by atoms with E-state index in [0.29, 0.717) is 48.9 Å². The third-order valence-corrected chi connectivity index (χ3v) is 7.51. The fraction of sp³-hybridized carbons (Fsp3) is 0.357. The molecule has 0 bridgehead atoms. The minimum Gasteiger partial charge on any atom is -0.368 e. The van der Waals surface area contributed by atoms with E-state index < -0.39 is 17.6 Å². The first-order chi connectivity index (χ1) is 19.5. The Morgan fingerprint density at radius 1 is 1.07 bits per heavy atom. The van der Waals surface area contributed by atoms with Gasteiger partial charge in [0.15, 0.2) is 0 Å². The number of aromatic nitrogens is 2. The van der Waals surface area contributed by atoms with Crippen molar-refractivity contribution in [2.75, 3.05) is 65.5 Å². The number of hydrogen-bond acceptors (Lipinski definition) is 7. The molecule has 0 spiro atoms. The van der Waals surface area contributed by atoms with Crippen LogP contribution in [0.15, 0.2) is 42.6 Å². The number of benzene rings is 2. The number of likely N-dealkylation sites (N-methyl/N-ethyl adjacent to an activating group) is 1. The van der Waals surface area contributed by atoms with E-state index in [0.717, 1.165) is 18.2 Å². The SMILES string of the molecule is CCN1CCN(c2ccc(C(=O)Nc3ccc(C)c(N4Cc5cnc(N)nc5N(C)C4=O)c3)cc2C(F)(F)F)CC1. The third-order valence-electron chi connectivity index (χ3n) is 7.51. The fourth-order valence-electron chi connectivity index (χ4n) is 5.18. The number of carbonyl (C=O) groups excluding carboxylic acids is 2. The smallest absolute Gasteiger partial charge is 0.368 e. The molecule has 3 N–H and O–H groups in total. The minimum absolute atomic E-state index is 0.0542. The summed E-state index contributed by atoms with van der Waals surface area (Å²) < 4.78 is 42.3. The van der Waals surface area contributed by atoms with Crippen LogP contribution in [0.5, 0.6) is 0 Å². The molecule has 10 nitrogen and oxygen atoms in total. The number of rotatable bonds is 5. The number of aryl methyl sites for hydroxylation is 1. The molecule has 0 unspecified atom stereocenters. The Morgan fingerprint density at radius 2 is 1.80 bits per heavy atom. The fourth-order valence-corrected chi connectivity index (χ4v) is 5.18. The lowest BCUT2D eigenvalue weighted by atomic mass is 10.0. The number of nitrogen functional groups attached to an aromatic ring is 1. The lowest BCUT2D eigenvalue weighted by Gasteiger charge is -2.36. The van der Waals surface area contributed by atoms with Gasteiger partial charge in [-0.15, -0.1) is 0 Å². The first-order valence-electron chi connectivity index (χ1n) is 13.2. The zero-order chi connectivity index (χ0) is 29.5. The molecule has 13 heteroatoms. The van der Waals surface area contributed by atoms with E-state index in [4.69, 9.17) is 5.73 Å². The molecular weight excluding hydrogens is 537 g/mol. The lowest BCUT2D eigenvalue weighted by molar-refractivity contribution is -0.137. The van der Waals surface area contributed by atoms with Gasteiger partial charge in [0.1, 0.15) is 5.82 Å². The third kappa shape index (κ3) is 5.62. The number of alkyl halides is 3. The van der Waals surface area contributed by atoms with E-state index in [9.17, 15) is 22.8 Å². The number of carbonyl (C=O) groups is 2. The van der Waals surface area contributed by atoms with E-state index in [1.54, 1.807) is 36.3 Å². The second kappa shape index (κ2) is 10.9. The Kier molecular flexibility index (Phi) is 7.47. The Labute approximate surface area is 235 Å². The number of piperazine rings is 1. The topological polar surface area (TPSA) is 111 Å². The number of fused-ring (bicyclic) bond motifs is 1. The van der Waals surface area contributed by atoms with Crippen LogP contribution >= 0.6 is 0 Å². The molecule has 1 aromatic heterocycles. The van der Waals surface area contributed by atoms with Crippen molar-refractivity contribution in [2.45, 2.75) is 26.6 Å². The molecule has 5 rings (SSSR count). The van der Waals surface area contributed by atoms with Crippen molar-refractivity contribution < 1.29 is 22.8 Å². The summed E-state index contributed by atoms with van der Waals surface area (Å²) >= 11 is 0. The average Bonchev–Trinajstić information content (AvgIpc) is 2.95. The molecule has 41 heavy (non-hydrogen) atoms. The molecule has 1 saturated heterocycles. The highest BCUT2D eigenvalue weighted by Crippen LogP contribution is 2.38. The van der Waals surface area contributed by atoms with Crippen LogP contribution in [0, 0.1) is 6.92 Å². The van der Waals surface area contributed by atoms with Crippen LogP contribution < -0.4 is 25.8 Å². The van der Waals surface area contributed by atoms with Crippen molar-refractivity contribution in [1.82, 2.24) is 14.9 Å². The molecular formula is C28H31F3N8O2. The van der Waals surface area contributed by atoms with Crippen molar-refractivity contribution in [2.24, 2.45) is 0 Å². The van der Waals surface area contributed by atoms with Crippen LogP contribution in [-0.2, 0) is 12.7 Å². The molecule has 3 heterocycles. The summed E-state index contributed by atoms with van der Waals surface area (Å²) in [5.41, 5.74) is 7.10. The Balaban J connectivity index is 1.39. The Bertz CT molecular complexity index is 1490. The van der Waals surface area contributed by atoms with Crippen molar-refractivity contribution in [3.8, 4) is 0 Å². The van der Waals surface area contributed by atoms with Crippen LogP contribution in [0.3, 0.4) is 0 Å². The van der Waals surface area contributed by atoms with E-state index in [-0.39, 0.29) is 29.8 Å². The van der Waals surface area contributed by atoms with Gasteiger partial charge in [0, 0.05) is 61.9 Å². The number of amides is 3. The summed E-state index contributed by atoms with van der Waals surface area (Å²) in [6, 6.07) is 8.31. The number of halogens is 3. The monoisotopic (exact) mass is 568 g/mol. The van der Waals surface area contributed by atoms with Crippen LogP contribution in [0.25, 0.3) is 0 Å². The molecule has 0 saturated carbocycles. The summed E-state index contributed by atoms with van der Waals surface area (Å²) in [7, 11) is 1.58. The van der Waals surface area contributed by atoms with Crippen molar-refractivity contribution in [3.05, 3.63) is 64.8 Å². The van der Waals surface area contributed by atoms with Gasteiger partial charge in [-0.05, 0) is 49.4 Å². The molecule has 1 fully saturated rings. The highest BCUT2D eigenvalue weighted by atomic mass is 19.4. The number of hydrogen-bond donors (Lipinski definition) is 2. The van der Waals surface area contributed by atoms with Crippen LogP contribution in [-0.4, -0.2) is 66.6 Å². The van der Waals surface area contributed by atoms with Crippen molar-refractivity contribution >= 4 is 40.8 Å². The largest absolute Gasteiger partial charge is 0.418 e. The van der Waals surface area contributed by atoms with Crippen LogP contribution in [0.2, 0.25) is 0 Å². The summed E-state index contributed by atoms with van der Waals surface area (Å²) in [5.74, 6) is -0.223. The maximum Gasteiger partial charge on any atom is 0.418 e. The second-order valence-electron chi connectivity index (χ2n) is 10.1. The number of anilines is 5. The van der Waals surface area contributed by atoms with Crippen LogP contribution in [0.4, 0.5) is 46.8 Å².